The fourth-order valence-electron chi connectivity index (χ4n) is 3.89. The Kier molecular flexibility index (Phi) is 7.03. The number of nitrogens with one attached hydrogen (secondary N) is 1. The summed E-state index contributed by atoms with van der Waals surface area (Å²) in [6.07, 6.45) is 5.66. The fraction of sp³-hybridized carbons (Fsp3) is 0.591. The van der Waals surface area contributed by atoms with Crippen LogP contribution in [0.2, 0.25) is 0 Å². The molecule has 1 fully saturated rings. The Balaban J connectivity index is 1.60. The highest BCUT2D eigenvalue weighted by molar-refractivity contribution is 5.92. The van der Waals surface area contributed by atoms with E-state index < -0.39 is 5.60 Å². The highest BCUT2D eigenvalue weighted by Crippen LogP contribution is 2.25. The van der Waals surface area contributed by atoms with E-state index in [1.807, 2.05) is 23.1 Å². The van der Waals surface area contributed by atoms with Crippen molar-refractivity contribution in [1.82, 2.24) is 25.0 Å². The molecular weight excluding hydrogens is 366 g/mol. The van der Waals surface area contributed by atoms with E-state index in [9.17, 15) is 9.90 Å². The maximum Gasteiger partial charge on any atom is 0.274 e. The fourth-order valence-corrected chi connectivity index (χ4v) is 3.89. The largest absolute Gasteiger partial charge is 0.388 e. The topological polar surface area (TPSA) is 85.4 Å². The van der Waals surface area contributed by atoms with Gasteiger partial charge in [-0.15, -0.1) is 0 Å². The molecule has 3 rings (SSSR count). The molecule has 0 unspecified atom stereocenters. The highest BCUT2D eigenvalue weighted by Gasteiger charge is 2.33. The van der Waals surface area contributed by atoms with Crippen molar-refractivity contribution in [3.8, 4) is 0 Å². The number of aromatic amines is 1. The molecule has 0 aliphatic carbocycles. The van der Waals surface area contributed by atoms with Crippen LogP contribution in [0.3, 0.4) is 0 Å². The lowest BCUT2D eigenvalue weighted by molar-refractivity contribution is -0.00928. The number of likely N-dealkylation sites (tertiary alicyclic amines) is 1. The van der Waals surface area contributed by atoms with Crippen molar-refractivity contribution in [2.75, 3.05) is 26.2 Å². The standard InChI is InChI=1S/C22H33N5O2/c1-4-26(15-18-6-10-23-11-7-18)16-22(29)8-5-12-27(13-9-22)21(28)20-14-19(17(2)3)24-25-20/h6-7,10-11,14,17,29H,4-5,8-9,12-13,15-16H2,1-3H3,(H,24,25)/t22-/m1/s1. The van der Waals surface area contributed by atoms with Gasteiger partial charge >= 0.3 is 0 Å². The average molecular weight is 400 g/mol. The van der Waals surface area contributed by atoms with Crippen LogP contribution in [0.4, 0.5) is 0 Å². The molecule has 0 saturated carbocycles. The molecule has 158 valence electrons. The van der Waals surface area contributed by atoms with Crippen molar-refractivity contribution >= 4 is 5.91 Å². The number of carbonyl (C=O) groups excluding carboxylic acids is 1. The first-order valence-corrected chi connectivity index (χ1v) is 10.6. The number of H-pyrrole nitrogens is 1. The molecule has 29 heavy (non-hydrogen) atoms. The molecule has 1 atom stereocenters. The number of nitrogens with zero attached hydrogens (tertiary/aromatic N) is 4. The minimum Gasteiger partial charge on any atom is -0.388 e. The van der Waals surface area contributed by atoms with E-state index in [4.69, 9.17) is 0 Å². The summed E-state index contributed by atoms with van der Waals surface area (Å²) in [5.74, 6) is 0.250. The molecule has 2 N–H and O–H groups in total. The molecule has 3 heterocycles. The first kappa shape index (κ1) is 21.5. The SMILES string of the molecule is CCN(Cc1ccncc1)C[C@@]1(O)CCCN(C(=O)c2cc(C(C)C)[nH]n2)CC1. The summed E-state index contributed by atoms with van der Waals surface area (Å²) >= 11 is 0. The predicted molar refractivity (Wildman–Crippen MR) is 113 cm³/mol. The zero-order chi connectivity index (χ0) is 20.9. The molecule has 0 spiro atoms. The minimum absolute atomic E-state index is 0.0541. The number of pyridine rings is 1. The van der Waals surface area contributed by atoms with Crippen LogP contribution >= 0.6 is 0 Å². The number of rotatable bonds is 7. The Hall–Kier alpha value is -2.25. The zero-order valence-corrected chi connectivity index (χ0v) is 17.8. The Labute approximate surface area is 173 Å². The molecule has 1 amide bonds. The second-order valence-corrected chi connectivity index (χ2v) is 8.39. The summed E-state index contributed by atoms with van der Waals surface area (Å²) in [6.45, 7) is 9.70. The van der Waals surface area contributed by atoms with Crippen molar-refractivity contribution in [3.63, 3.8) is 0 Å². The molecule has 0 aromatic carbocycles. The summed E-state index contributed by atoms with van der Waals surface area (Å²) < 4.78 is 0. The number of amides is 1. The molecule has 0 bridgehead atoms. The van der Waals surface area contributed by atoms with Crippen LogP contribution in [-0.4, -0.2) is 67.8 Å². The van der Waals surface area contributed by atoms with Crippen molar-refractivity contribution in [2.45, 2.75) is 58.1 Å². The molecule has 7 heteroatoms. The maximum atomic E-state index is 12.9. The van der Waals surface area contributed by atoms with E-state index in [1.54, 1.807) is 12.4 Å². The van der Waals surface area contributed by atoms with Crippen LogP contribution in [-0.2, 0) is 6.54 Å². The number of hydrogen-bond acceptors (Lipinski definition) is 5. The zero-order valence-electron chi connectivity index (χ0n) is 17.8. The molecule has 1 saturated heterocycles. The van der Waals surface area contributed by atoms with Gasteiger partial charge in [0.15, 0.2) is 0 Å². The molecule has 1 aliphatic rings. The van der Waals surface area contributed by atoms with E-state index in [2.05, 4.69) is 40.9 Å². The predicted octanol–water partition coefficient (Wildman–Crippen LogP) is 2.81. The lowest BCUT2D eigenvalue weighted by Crippen LogP contribution is -2.43. The van der Waals surface area contributed by atoms with Gasteiger partial charge in [0, 0.05) is 44.3 Å². The van der Waals surface area contributed by atoms with Gasteiger partial charge in [0.05, 0.1) is 5.60 Å². The summed E-state index contributed by atoms with van der Waals surface area (Å²) in [5, 5.41) is 18.4. The van der Waals surface area contributed by atoms with Crippen molar-refractivity contribution in [3.05, 3.63) is 47.5 Å². The van der Waals surface area contributed by atoms with Gasteiger partial charge in [-0.05, 0) is 55.5 Å². The summed E-state index contributed by atoms with van der Waals surface area (Å²) in [4.78, 5) is 21.0. The van der Waals surface area contributed by atoms with Crippen LogP contribution in [0.1, 0.15) is 67.7 Å². The first-order chi connectivity index (χ1) is 13.9. The van der Waals surface area contributed by atoms with Gasteiger partial charge in [0.1, 0.15) is 5.69 Å². The van der Waals surface area contributed by atoms with E-state index in [0.29, 0.717) is 44.1 Å². The van der Waals surface area contributed by atoms with Crippen LogP contribution in [0.25, 0.3) is 0 Å². The molecule has 2 aromatic rings. The molecule has 7 nitrogen and oxygen atoms in total. The Morgan fingerprint density at radius 1 is 1.31 bits per heavy atom. The number of likely N-dealkylation sites (N-methyl/N-ethyl adjacent to an activating group) is 1. The lowest BCUT2D eigenvalue weighted by Gasteiger charge is -2.33. The second-order valence-electron chi connectivity index (χ2n) is 8.39. The highest BCUT2D eigenvalue weighted by atomic mass is 16.3. The van der Waals surface area contributed by atoms with Crippen LogP contribution in [0.5, 0.6) is 0 Å². The molecular formula is C22H33N5O2. The second kappa shape index (κ2) is 9.50. The number of hydrogen-bond donors (Lipinski definition) is 2. The summed E-state index contributed by atoms with van der Waals surface area (Å²) in [6, 6.07) is 5.86. The number of aliphatic hydroxyl groups is 1. The third-order valence-corrected chi connectivity index (χ3v) is 5.76. The molecule has 0 radical (unpaired) electrons. The third kappa shape index (κ3) is 5.64. The monoisotopic (exact) mass is 399 g/mol. The Morgan fingerprint density at radius 2 is 2.07 bits per heavy atom. The van der Waals surface area contributed by atoms with Crippen molar-refractivity contribution < 1.29 is 9.90 Å². The van der Waals surface area contributed by atoms with Gasteiger partial charge in [-0.2, -0.15) is 5.10 Å². The summed E-state index contributed by atoms with van der Waals surface area (Å²) in [5.41, 5.74) is 1.84. The molecule has 2 aromatic heterocycles. The first-order valence-electron chi connectivity index (χ1n) is 10.6. The van der Waals surface area contributed by atoms with E-state index in [0.717, 1.165) is 25.2 Å². The van der Waals surface area contributed by atoms with Crippen molar-refractivity contribution in [1.29, 1.82) is 0 Å². The number of carbonyl (C=O) groups is 1. The van der Waals surface area contributed by atoms with Crippen LogP contribution in [0.15, 0.2) is 30.6 Å². The normalized spacial score (nSPS) is 20.3. The maximum absolute atomic E-state index is 12.9. The van der Waals surface area contributed by atoms with Gasteiger partial charge in [-0.25, -0.2) is 0 Å². The Morgan fingerprint density at radius 3 is 2.72 bits per heavy atom. The average Bonchev–Trinajstić information content (AvgIpc) is 3.13. The third-order valence-electron chi connectivity index (χ3n) is 5.76. The van der Waals surface area contributed by atoms with Crippen molar-refractivity contribution in [2.24, 2.45) is 0 Å². The van der Waals surface area contributed by atoms with Gasteiger partial charge in [-0.3, -0.25) is 19.8 Å². The quantitative estimate of drug-likeness (QED) is 0.748. The smallest absolute Gasteiger partial charge is 0.274 e. The van der Waals surface area contributed by atoms with Crippen LogP contribution < -0.4 is 0 Å². The van der Waals surface area contributed by atoms with E-state index in [-0.39, 0.29) is 5.91 Å². The summed E-state index contributed by atoms with van der Waals surface area (Å²) in [7, 11) is 0. The van der Waals surface area contributed by atoms with Crippen LogP contribution in [0, 0.1) is 0 Å². The number of aromatic nitrogens is 3. The van der Waals surface area contributed by atoms with E-state index >= 15 is 0 Å². The lowest BCUT2D eigenvalue weighted by atomic mass is 9.94. The van der Waals surface area contributed by atoms with Gasteiger partial charge in [-0.1, -0.05) is 20.8 Å². The Bertz CT molecular complexity index is 792. The minimum atomic E-state index is -0.785. The van der Waals surface area contributed by atoms with E-state index in [1.165, 1.54) is 5.56 Å². The van der Waals surface area contributed by atoms with Gasteiger partial charge in [0.25, 0.3) is 5.91 Å². The van der Waals surface area contributed by atoms with Gasteiger partial charge < -0.3 is 10.0 Å². The molecule has 1 aliphatic heterocycles. The van der Waals surface area contributed by atoms with Gasteiger partial charge in [0.2, 0.25) is 0 Å².